The Morgan fingerprint density at radius 3 is 2.86 bits per heavy atom. The van der Waals surface area contributed by atoms with E-state index in [-0.39, 0.29) is 5.91 Å². The van der Waals surface area contributed by atoms with Gasteiger partial charge in [-0.3, -0.25) is 9.48 Å². The molecule has 0 spiro atoms. The Morgan fingerprint density at radius 1 is 1.43 bits per heavy atom. The first-order chi connectivity index (χ1) is 10.0. The molecule has 0 saturated heterocycles. The van der Waals surface area contributed by atoms with Crippen molar-refractivity contribution in [2.75, 3.05) is 6.54 Å². The van der Waals surface area contributed by atoms with Crippen LogP contribution >= 0.6 is 22.9 Å². The van der Waals surface area contributed by atoms with Crippen LogP contribution in [0.1, 0.15) is 29.1 Å². The smallest absolute Gasteiger partial charge is 0.220 e. The van der Waals surface area contributed by atoms with Crippen molar-refractivity contribution in [1.29, 1.82) is 0 Å². The predicted molar refractivity (Wildman–Crippen MR) is 87.0 cm³/mol. The van der Waals surface area contributed by atoms with Gasteiger partial charge in [0.15, 0.2) is 0 Å². The minimum atomic E-state index is 0.0906. The van der Waals surface area contributed by atoms with Gasteiger partial charge in [0.25, 0.3) is 0 Å². The van der Waals surface area contributed by atoms with Gasteiger partial charge >= 0.3 is 0 Å². The van der Waals surface area contributed by atoms with E-state index in [2.05, 4.69) is 16.5 Å². The zero-order chi connectivity index (χ0) is 15.2. The van der Waals surface area contributed by atoms with Gasteiger partial charge in [0.1, 0.15) is 0 Å². The predicted octanol–water partition coefficient (Wildman–Crippen LogP) is 3.35. The number of nitrogens with one attached hydrogen (secondary N) is 1. The van der Waals surface area contributed by atoms with Crippen molar-refractivity contribution in [2.24, 2.45) is 0 Å². The highest BCUT2D eigenvalue weighted by molar-refractivity contribution is 7.16. The third-order valence-electron chi connectivity index (χ3n) is 3.20. The van der Waals surface area contributed by atoms with Crippen LogP contribution in [-0.2, 0) is 17.8 Å². The Labute approximate surface area is 134 Å². The molecule has 1 N–H and O–H groups in total. The van der Waals surface area contributed by atoms with Gasteiger partial charge < -0.3 is 5.32 Å². The van der Waals surface area contributed by atoms with Crippen LogP contribution < -0.4 is 5.32 Å². The maximum Gasteiger partial charge on any atom is 0.220 e. The quantitative estimate of drug-likeness (QED) is 0.793. The number of amides is 1. The van der Waals surface area contributed by atoms with Gasteiger partial charge in [-0.2, -0.15) is 5.10 Å². The average Bonchev–Trinajstić information content (AvgIpc) is 2.98. The van der Waals surface area contributed by atoms with Crippen molar-refractivity contribution >= 4 is 28.8 Å². The molecule has 0 aliphatic carbocycles. The lowest BCUT2D eigenvalue weighted by molar-refractivity contribution is -0.121. The first-order valence-electron chi connectivity index (χ1n) is 7.06. The van der Waals surface area contributed by atoms with E-state index in [1.807, 2.05) is 30.7 Å². The van der Waals surface area contributed by atoms with Gasteiger partial charge in [-0.25, -0.2) is 0 Å². The van der Waals surface area contributed by atoms with Crippen LogP contribution in [0.25, 0.3) is 0 Å². The van der Waals surface area contributed by atoms with E-state index in [4.69, 9.17) is 11.6 Å². The Kier molecular flexibility index (Phi) is 5.82. The number of thiophene rings is 1. The number of hydrogen-bond donors (Lipinski definition) is 1. The molecule has 0 unspecified atom stereocenters. The number of nitrogens with zero attached hydrogens (tertiary/aromatic N) is 2. The molecule has 0 aliphatic heterocycles. The number of hydrogen-bond acceptors (Lipinski definition) is 3. The highest BCUT2D eigenvalue weighted by Gasteiger charge is 2.05. The van der Waals surface area contributed by atoms with Crippen LogP contribution in [0.2, 0.25) is 4.34 Å². The van der Waals surface area contributed by atoms with E-state index in [9.17, 15) is 4.79 Å². The minimum Gasteiger partial charge on any atom is -0.356 e. The Bertz CT molecular complexity index is 606. The molecule has 2 aromatic rings. The maximum atomic E-state index is 11.7. The third-order valence-corrected chi connectivity index (χ3v) is 4.49. The van der Waals surface area contributed by atoms with Gasteiger partial charge in [0.05, 0.1) is 10.0 Å². The summed E-state index contributed by atoms with van der Waals surface area (Å²) in [6.07, 6.45) is 2.15. The molecular formula is C15H20ClN3OS. The standard InChI is InChI=1S/C15H20ClN3OS/c1-11-10-12(2)19(18-11)9-3-8-17-15(20)7-5-13-4-6-14(16)21-13/h4,6,10H,3,5,7-9H2,1-2H3,(H,17,20). The molecule has 2 heterocycles. The molecule has 0 atom stereocenters. The molecule has 2 rings (SSSR count). The second kappa shape index (κ2) is 7.61. The molecule has 1 amide bonds. The van der Waals surface area contributed by atoms with E-state index in [0.717, 1.165) is 40.0 Å². The second-order valence-electron chi connectivity index (χ2n) is 5.06. The lowest BCUT2D eigenvalue weighted by atomic mass is 10.2. The van der Waals surface area contributed by atoms with Gasteiger partial charge in [0, 0.05) is 30.1 Å². The molecule has 0 fully saturated rings. The van der Waals surface area contributed by atoms with Crippen molar-refractivity contribution in [1.82, 2.24) is 15.1 Å². The van der Waals surface area contributed by atoms with Crippen molar-refractivity contribution in [2.45, 2.75) is 39.7 Å². The number of aryl methyl sites for hydroxylation is 4. The van der Waals surface area contributed by atoms with Crippen molar-refractivity contribution in [3.05, 3.63) is 38.8 Å². The summed E-state index contributed by atoms with van der Waals surface area (Å²) in [5.41, 5.74) is 2.19. The van der Waals surface area contributed by atoms with Gasteiger partial charge in [-0.1, -0.05) is 11.6 Å². The first-order valence-corrected chi connectivity index (χ1v) is 8.26. The SMILES string of the molecule is Cc1cc(C)n(CCCNC(=O)CCc2ccc(Cl)s2)n1. The largest absolute Gasteiger partial charge is 0.356 e. The zero-order valence-corrected chi connectivity index (χ0v) is 13.9. The molecule has 0 saturated carbocycles. The fraction of sp³-hybridized carbons (Fsp3) is 0.467. The van der Waals surface area contributed by atoms with E-state index < -0.39 is 0 Å². The van der Waals surface area contributed by atoms with Crippen LogP contribution in [0.4, 0.5) is 0 Å². The van der Waals surface area contributed by atoms with Gasteiger partial charge in [0.2, 0.25) is 5.91 Å². The fourth-order valence-corrected chi connectivity index (χ4v) is 3.26. The van der Waals surface area contributed by atoms with Gasteiger partial charge in [-0.15, -0.1) is 11.3 Å². The topological polar surface area (TPSA) is 46.9 Å². The lowest BCUT2D eigenvalue weighted by Gasteiger charge is -2.06. The Balaban J connectivity index is 1.62. The summed E-state index contributed by atoms with van der Waals surface area (Å²) in [6.45, 7) is 5.55. The average molecular weight is 326 g/mol. The molecule has 0 aromatic carbocycles. The highest BCUT2D eigenvalue weighted by Crippen LogP contribution is 2.22. The minimum absolute atomic E-state index is 0.0906. The summed E-state index contributed by atoms with van der Waals surface area (Å²) in [6, 6.07) is 5.90. The van der Waals surface area contributed by atoms with E-state index in [1.54, 1.807) is 0 Å². The van der Waals surface area contributed by atoms with E-state index in [0.29, 0.717) is 13.0 Å². The van der Waals surface area contributed by atoms with Crippen molar-refractivity contribution in [3.8, 4) is 0 Å². The summed E-state index contributed by atoms with van der Waals surface area (Å²) in [4.78, 5) is 12.9. The number of carbonyl (C=O) groups excluding carboxylic acids is 1. The molecule has 114 valence electrons. The number of aromatic nitrogens is 2. The molecule has 21 heavy (non-hydrogen) atoms. The molecule has 6 heteroatoms. The number of halogens is 1. The van der Waals surface area contributed by atoms with Crippen molar-refractivity contribution < 1.29 is 4.79 Å². The lowest BCUT2D eigenvalue weighted by Crippen LogP contribution is -2.25. The number of carbonyl (C=O) groups is 1. The van der Waals surface area contributed by atoms with E-state index in [1.165, 1.54) is 11.3 Å². The molecule has 2 aromatic heterocycles. The Hall–Kier alpha value is -1.33. The van der Waals surface area contributed by atoms with Crippen LogP contribution in [0, 0.1) is 13.8 Å². The zero-order valence-electron chi connectivity index (χ0n) is 12.4. The molecule has 0 bridgehead atoms. The summed E-state index contributed by atoms with van der Waals surface area (Å²) in [5.74, 6) is 0.0906. The summed E-state index contributed by atoms with van der Waals surface area (Å²) in [7, 11) is 0. The second-order valence-corrected chi connectivity index (χ2v) is 6.86. The normalized spacial score (nSPS) is 10.8. The summed E-state index contributed by atoms with van der Waals surface area (Å²) < 4.78 is 2.75. The first kappa shape index (κ1) is 16.0. The molecular weight excluding hydrogens is 306 g/mol. The van der Waals surface area contributed by atoms with Crippen LogP contribution in [-0.4, -0.2) is 22.2 Å². The van der Waals surface area contributed by atoms with Gasteiger partial charge in [-0.05, 0) is 44.9 Å². The van der Waals surface area contributed by atoms with Crippen LogP contribution in [0.15, 0.2) is 18.2 Å². The third kappa shape index (κ3) is 5.17. The fourth-order valence-electron chi connectivity index (χ4n) is 2.17. The molecule has 4 nitrogen and oxygen atoms in total. The highest BCUT2D eigenvalue weighted by atomic mass is 35.5. The van der Waals surface area contributed by atoms with Crippen LogP contribution in [0.3, 0.4) is 0 Å². The Morgan fingerprint density at radius 2 is 2.24 bits per heavy atom. The van der Waals surface area contributed by atoms with E-state index >= 15 is 0 Å². The monoisotopic (exact) mass is 325 g/mol. The number of rotatable bonds is 7. The summed E-state index contributed by atoms with van der Waals surface area (Å²) >= 11 is 7.39. The summed E-state index contributed by atoms with van der Waals surface area (Å²) in [5, 5.41) is 7.35. The molecule has 0 aliphatic rings. The van der Waals surface area contributed by atoms with Crippen LogP contribution in [0.5, 0.6) is 0 Å². The van der Waals surface area contributed by atoms with Crippen molar-refractivity contribution in [3.63, 3.8) is 0 Å². The molecule has 0 radical (unpaired) electrons. The maximum absolute atomic E-state index is 11.7.